The molecule has 0 bridgehead atoms. The van der Waals surface area contributed by atoms with Crippen LogP contribution in [0, 0.1) is 0 Å². The molecule has 0 aliphatic carbocycles. The quantitative estimate of drug-likeness (QED) is 0.211. The highest BCUT2D eigenvalue weighted by Gasteiger charge is 2.04. The van der Waals surface area contributed by atoms with Gasteiger partial charge in [0.1, 0.15) is 5.75 Å². The standard InChI is InChI=1S/C20H27N5O2/c1-24(2)19-9-5-17(6-10-19)4-3-14-25(26)16-18-7-11-20(12-8-18)27-15-13-22-23-21/h5-12,26H,3-4,13-16H2,1-2H3. The van der Waals surface area contributed by atoms with Gasteiger partial charge in [-0.05, 0) is 53.8 Å². The lowest BCUT2D eigenvalue weighted by Gasteiger charge is -2.16. The Bertz CT molecular complexity index is 725. The zero-order valence-electron chi connectivity index (χ0n) is 16.0. The van der Waals surface area contributed by atoms with Gasteiger partial charge in [-0.2, -0.15) is 5.06 Å². The van der Waals surface area contributed by atoms with Gasteiger partial charge in [0.05, 0.1) is 13.2 Å². The molecule has 27 heavy (non-hydrogen) atoms. The molecule has 2 rings (SSSR count). The molecule has 0 atom stereocenters. The molecule has 2 aromatic rings. The third-order valence-corrected chi connectivity index (χ3v) is 4.15. The molecule has 7 nitrogen and oxygen atoms in total. The topological polar surface area (TPSA) is 84.7 Å². The Balaban J connectivity index is 1.70. The summed E-state index contributed by atoms with van der Waals surface area (Å²) < 4.78 is 5.46. The van der Waals surface area contributed by atoms with Crippen LogP contribution in [-0.4, -0.2) is 44.1 Å². The average molecular weight is 369 g/mol. The summed E-state index contributed by atoms with van der Waals surface area (Å²) in [6.07, 6.45) is 1.82. The number of benzene rings is 2. The molecular formula is C20H27N5O2. The number of aryl methyl sites for hydroxylation is 1. The molecule has 0 aliphatic heterocycles. The van der Waals surface area contributed by atoms with Gasteiger partial charge in [-0.25, -0.2) is 0 Å². The van der Waals surface area contributed by atoms with Crippen LogP contribution >= 0.6 is 0 Å². The molecule has 0 spiro atoms. The van der Waals surface area contributed by atoms with Crippen LogP contribution in [0.2, 0.25) is 0 Å². The highest BCUT2D eigenvalue weighted by Crippen LogP contribution is 2.15. The van der Waals surface area contributed by atoms with E-state index in [4.69, 9.17) is 10.3 Å². The first-order chi connectivity index (χ1) is 13.1. The summed E-state index contributed by atoms with van der Waals surface area (Å²) in [6.45, 7) is 1.74. The normalized spacial score (nSPS) is 10.5. The zero-order chi connectivity index (χ0) is 19.5. The molecule has 0 aromatic heterocycles. The number of azide groups is 1. The van der Waals surface area contributed by atoms with Gasteiger partial charge in [-0.1, -0.05) is 29.4 Å². The Morgan fingerprint density at radius 2 is 1.70 bits per heavy atom. The molecule has 2 aromatic carbocycles. The molecule has 0 unspecified atom stereocenters. The number of ether oxygens (including phenoxy) is 1. The van der Waals surface area contributed by atoms with E-state index in [0.717, 1.165) is 24.2 Å². The smallest absolute Gasteiger partial charge is 0.119 e. The van der Waals surface area contributed by atoms with E-state index in [1.165, 1.54) is 16.3 Å². The predicted octanol–water partition coefficient (Wildman–Crippen LogP) is 4.27. The van der Waals surface area contributed by atoms with Crippen LogP contribution in [-0.2, 0) is 13.0 Å². The van der Waals surface area contributed by atoms with Crippen molar-refractivity contribution in [1.29, 1.82) is 0 Å². The van der Waals surface area contributed by atoms with Crippen molar-refractivity contribution in [2.45, 2.75) is 19.4 Å². The van der Waals surface area contributed by atoms with Crippen molar-refractivity contribution < 1.29 is 9.94 Å². The van der Waals surface area contributed by atoms with E-state index in [0.29, 0.717) is 26.2 Å². The average Bonchev–Trinajstić information content (AvgIpc) is 2.67. The second kappa shape index (κ2) is 11.1. The second-order valence-corrected chi connectivity index (χ2v) is 6.50. The van der Waals surface area contributed by atoms with Crippen molar-refractivity contribution in [1.82, 2.24) is 5.06 Å². The molecule has 0 aliphatic rings. The minimum atomic E-state index is 0.306. The van der Waals surface area contributed by atoms with Crippen LogP contribution in [0.5, 0.6) is 5.75 Å². The van der Waals surface area contributed by atoms with Gasteiger partial charge in [0.15, 0.2) is 0 Å². The monoisotopic (exact) mass is 369 g/mol. The number of hydroxylamine groups is 2. The summed E-state index contributed by atoms with van der Waals surface area (Å²) in [5.74, 6) is 0.720. The van der Waals surface area contributed by atoms with E-state index in [1.807, 2.05) is 38.4 Å². The molecule has 144 valence electrons. The maximum absolute atomic E-state index is 10.1. The van der Waals surface area contributed by atoms with E-state index in [-0.39, 0.29) is 0 Å². The molecule has 7 heteroatoms. The zero-order valence-corrected chi connectivity index (χ0v) is 16.0. The first kappa shape index (κ1) is 20.6. The molecule has 0 radical (unpaired) electrons. The maximum atomic E-state index is 10.1. The van der Waals surface area contributed by atoms with Gasteiger partial charge in [-0.3, -0.25) is 0 Å². The highest BCUT2D eigenvalue weighted by atomic mass is 16.5. The first-order valence-electron chi connectivity index (χ1n) is 9.01. The van der Waals surface area contributed by atoms with E-state index in [9.17, 15) is 5.21 Å². The van der Waals surface area contributed by atoms with Gasteiger partial charge < -0.3 is 14.8 Å². The van der Waals surface area contributed by atoms with Crippen molar-refractivity contribution >= 4 is 5.69 Å². The summed E-state index contributed by atoms with van der Waals surface area (Å²) in [5, 5.41) is 14.9. The van der Waals surface area contributed by atoms with Crippen molar-refractivity contribution in [3.8, 4) is 5.75 Å². The summed E-state index contributed by atoms with van der Waals surface area (Å²) in [6, 6.07) is 16.1. The SMILES string of the molecule is CN(C)c1ccc(CCCN(O)Cc2ccc(OCCN=[N+]=[N-])cc2)cc1. The van der Waals surface area contributed by atoms with E-state index >= 15 is 0 Å². The molecule has 0 amide bonds. The highest BCUT2D eigenvalue weighted by molar-refractivity contribution is 5.46. The molecule has 0 saturated carbocycles. The fourth-order valence-electron chi connectivity index (χ4n) is 2.66. The van der Waals surface area contributed by atoms with Crippen LogP contribution in [0.25, 0.3) is 10.4 Å². The second-order valence-electron chi connectivity index (χ2n) is 6.50. The predicted molar refractivity (Wildman–Crippen MR) is 107 cm³/mol. The Kier molecular flexibility index (Phi) is 8.45. The Hall–Kier alpha value is -2.73. The van der Waals surface area contributed by atoms with Crippen molar-refractivity contribution in [2.75, 3.05) is 38.7 Å². The third-order valence-electron chi connectivity index (χ3n) is 4.15. The number of anilines is 1. The summed E-state index contributed by atoms with van der Waals surface area (Å²) in [4.78, 5) is 4.76. The fraction of sp³-hybridized carbons (Fsp3) is 0.400. The van der Waals surface area contributed by atoms with Crippen LogP contribution in [0.4, 0.5) is 5.69 Å². The van der Waals surface area contributed by atoms with E-state index in [1.54, 1.807) is 0 Å². The molecule has 0 fully saturated rings. The fourth-order valence-corrected chi connectivity index (χ4v) is 2.66. The summed E-state index contributed by atoms with van der Waals surface area (Å²) in [5.41, 5.74) is 11.7. The Morgan fingerprint density at radius 1 is 1.04 bits per heavy atom. The van der Waals surface area contributed by atoms with Gasteiger partial charge in [-0.15, -0.1) is 0 Å². The van der Waals surface area contributed by atoms with Crippen LogP contribution in [0.1, 0.15) is 17.5 Å². The minimum absolute atomic E-state index is 0.306. The lowest BCUT2D eigenvalue weighted by molar-refractivity contribution is -0.0997. The number of hydrogen-bond donors (Lipinski definition) is 1. The van der Waals surface area contributed by atoms with Gasteiger partial charge in [0, 0.05) is 37.8 Å². The number of hydrogen-bond acceptors (Lipinski definition) is 5. The van der Waals surface area contributed by atoms with Gasteiger partial charge in [0.2, 0.25) is 0 Å². The minimum Gasteiger partial charge on any atom is -0.493 e. The number of nitrogens with zero attached hydrogens (tertiary/aromatic N) is 5. The molecular weight excluding hydrogens is 342 g/mol. The third kappa shape index (κ3) is 7.58. The van der Waals surface area contributed by atoms with Crippen LogP contribution < -0.4 is 9.64 Å². The first-order valence-corrected chi connectivity index (χ1v) is 9.01. The van der Waals surface area contributed by atoms with E-state index < -0.39 is 0 Å². The van der Waals surface area contributed by atoms with Crippen LogP contribution in [0.3, 0.4) is 0 Å². The lowest BCUT2D eigenvalue weighted by atomic mass is 10.1. The largest absolute Gasteiger partial charge is 0.493 e. The lowest BCUT2D eigenvalue weighted by Crippen LogP contribution is -2.20. The Morgan fingerprint density at radius 3 is 2.33 bits per heavy atom. The number of rotatable bonds is 11. The Labute approximate surface area is 160 Å². The molecule has 0 saturated heterocycles. The van der Waals surface area contributed by atoms with Crippen molar-refractivity contribution in [3.05, 3.63) is 70.1 Å². The van der Waals surface area contributed by atoms with Crippen molar-refractivity contribution in [2.24, 2.45) is 5.11 Å². The summed E-state index contributed by atoms with van der Waals surface area (Å²) >= 11 is 0. The molecule has 0 heterocycles. The molecule has 1 N–H and O–H groups in total. The van der Waals surface area contributed by atoms with Gasteiger partial charge >= 0.3 is 0 Å². The van der Waals surface area contributed by atoms with Crippen molar-refractivity contribution in [3.63, 3.8) is 0 Å². The summed E-state index contributed by atoms with van der Waals surface area (Å²) in [7, 11) is 4.06. The van der Waals surface area contributed by atoms with Crippen LogP contribution in [0.15, 0.2) is 53.6 Å². The van der Waals surface area contributed by atoms with Gasteiger partial charge in [0.25, 0.3) is 0 Å². The maximum Gasteiger partial charge on any atom is 0.119 e. The van der Waals surface area contributed by atoms with E-state index in [2.05, 4.69) is 39.2 Å².